The summed E-state index contributed by atoms with van der Waals surface area (Å²) in [6.45, 7) is 4.83. The lowest BCUT2D eigenvalue weighted by atomic mass is 9.87. The van der Waals surface area contributed by atoms with E-state index in [2.05, 4.69) is 10.6 Å². The van der Waals surface area contributed by atoms with Gasteiger partial charge >= 0.3 is 0 Å². The number of nitrogens with one attached hydrogen (secondary N) is 2. The SMILES string of the molecule is C[C@H](O)CC(O)=[SH]CCNC(=O)CCNC(=O)[C@H](O)C(C)(C)CO. The van der Waals surface area contributed by atoms with Crippen LogP contribution in [0.4, 0.5) is 0 Å². The second kappa shape index (κ2) is 11.5. The van der Waals surface area contributed by atoms with Gasteiger partial charge < -0.3 is 31.1 Å². The van der Waals surface area contributed by atoms with E-state index in [0.29, 0.717) is 23.6 Å². The van der Waals surface area contributed by atoms with Crippen molar-refractivity contribution in [3.05, 3.63) is 0 Å². The highest BCUT2D eigenvalue weighted by molar-refractivity contribution is 7.98. The van der Waals surface area contributed by atoms with Crippen molar-refractivity contribution >= 4 is 28.2 Å². The van der Waals surface area contributed by atoms with Gasteiger partial charge in [0.2, 0.25) is 11.8 Å². The highest BCUT2D eigenvalue weighted by Crippen LogP contribution is 2.19. The standard InChI is InChI=1S/C15H30N2O6S/c1-10(19)8-12(21)24-7-6-16-11(20)4-5-17-14(23)13(22)15(2,3)9-18/h10,13,18-19,21-22,24H,4-9H2,1-3H3,(H,16,20)(H,17,23)/t10-,13-/m0/s1. The molecule has 0 rings (SSSR count). The summed E-state index contributed by atoms with van der Waals surface area (Å²) in [6.07, 6.45) is -1.66. The summed E-state index contributed by atoms with van der Waals surface area (Å²) >= 11 is 0.657. The van der Waals surface area contributed by atoms with Crippen LogP contribution in [-0.4, -0.2) is 74.9 Å². The second-order valence-electron chi connectivity index (χ2n) is 6.29. The average molecular weight is 366 g/mol. The highest BCUT2D eigenvalue weighted by Gasteiger charge is 2.32. The normalized spacial score (nSPS) is 15.2. The van der Waals surface area contributed by atoms with Gasteiger partial charge in [0, 0.05) is 37.1 Å². The maximum absolute atomic E-state index is 11.7. The van der Waals surface area contributed by atoms with Crippen LogP contribution < -0.4 is 10.6 Å². The molecule has 0 aliphatic rings. The van der Waals surface area contributed by atoms with Gasteiger partial charge in [0.25, 0.3) is 0 Å². The van der Waals surface area contributed by atoms with Crippen molar-refractivity contribution in [2.24, 2.45) is 5.41 Å². The third-order valence-electron chi connectivity index (χ3n) is 3.25. The van der Waals surface area contributed by atoms with Crippen molar-refractivity contribution in [2.45, 2.75) is 45.8 Å². The van der Waals surface area contributed by atoms with E-state index >= 15 is 0 Å². The minimum atomic E-state index is -1.35. The molecule has 0 heterocycles. The van der Waals surface area contributed by atoms with Crippen LogP contribution in [0.2, 0.25) is 0 Å². The summed E-state index contributed by atoms with van der Waals surface area (Å²) < 4.78 is 0. The zero-order chi connectivity index (χ0) is 18.8. The molecule has 0 aromatic heterocycles. The van der Waals surface area contributed by atoms with Crippen LogP contribution in [0.3, 0.4) is 0 Å². The number of hydrogen-bond acceptors (Lipinski definition) is 5. The number of thiol groups is 1. The van der Waals surface area contributed by atoms with Crippen molar-refractivity contribution < 1.29 is 30.0 Å². The van der Waals surface area contributed by atoms with Crippen LogP contribution in [0.1, 0.15) is 33.6 Å². The average Bonchev–Trinajstić information content (AvgIpc) is 2.49. The fourth-order valence-electron chi connectivity index (χ4n) is 1.63. The van der Waals surface area contributed by atoms with Crippen molar-refractivity contribution in [3.8, 4) is 0 Å². The maximum Gasteiger partial charge on any atom is 0.249 e. The summed E-state index contributed by atoms with van der Waals surface area (Å²) in [5.74, 6) is -0.352. The van der Waals surface area contributed by atoms with E-state index in [0.717, 1.165) is 0 Å². The summed E-state index contributed by atoms with van der Waals surface area (Å²) in [5.41, 5.74) is -0.948. The number of aliphatic hydroxyl groups excluding tert-OH is 4. The first-order valence-electron chi connectivity index (χ1n) is 7.84. The van der Waals surface area contributed by atoms with E-state index in [1.807, 2.05) is 0 Å². The smallest absolute Gasteiger partial charge is 0.249 e. The minimum Gasteiger partial charge on any atom is -0.396 e. The van der Waals surface area contributed by atoms with E-state index < -0.39 is 23.5 Å². The summed E-state index contributed by atoms with van der Waals surface area (Å²) in [6, 6.07) is 0. The van der Waals surface area contributed by atoms with Gasteiger partial charge in [-0.15, -0.1) is 0 Å². The van der Waals surface area contributed by atoms with Crippen LogP contribution in [0, 0.1) is 5.41 Å². The number of amides is 2. The summed E-state index contributed by atoms with van der Waals surface area (Å²) in [7, 11) is 0. The lowest BCUT2D eigenvalue weighted by molar-refractivity contribution is -0.137. The van der Waals surface area contributed by atoms with Crippen LogP contribution in [0.5, 0.6) is 0 Å². The highest BCUT2D eigenvalue weighted by atomic mass is 32.1. The third-order valence-corrected chi connectivity index (χ3v) is 4.25. The van der Waals surface area contributed by atoms with Crippen LogP contribution in [-0.2, 0) is 9.59 Å². The fraction of sp³-hybridized carbons (Fsp3) is 0.800. The van der Waals surface area contributed by atoms with Gasteiger partial charge in [0.15, 0.2) is 0 Å². The number of carbonyl (C=O) groups is 2. The van der Waals surface area contributed by atoms with Gasteiger partial charge in [-0.25, -0.2) is 0 Å². The molecule has 6 N–H and O–H groups in total. The van der Waals surface area contributed by atoms with Gasteiger partial charge in [0.1, 0.15) is 6.10 Å². The van der Waals surface area contributed by atoms with Gasteiger partial charge in [-0.1, -0.05) is 13.8 Å². The first-order valence-corrected chi connectivity index (χ1v) is 8.91. The van der Waals surface area contributed by atoms with E-state index in [1.54, 1.807) is 20.8 Å². The molecule has 2 atom stereocenters. The van der Waals surface area contributed by atoms with Crippen LogP contribution in [0.15, 0.2) is 0 Å². The van der Waals surface area contributed by atoms with Gasteiger partial charge in [-0.05, 0) is 6.92 Å². The van der Waals surface area contributed by atoms with E-state index in [9.17, 15) is 19.8 Å². The lowest BCUT2D eigenvalue weighted by Gasteiger charge is -2.27. The molecule has 9 heteroatoms. The Morgan fingerprint density at radius 2 is 1.79 bits per heavy atom. The van der Waals surface area contributed by atoms with E-state index in [4.69, 9.17) is 10.2 Å². The molecule has 0 aliphatic heterocycles. The summed E-state index contributed by atoms with van der Waals surface area (Å²) in [4.78, 5) is 23.3. The Labute approximate surface area is 146 Å². The Morgan fingerprint density at radius 3 is 2.33 bits per heavy atom. The van der Waals surface area contributed by atoms with Gasteiger partial charge in [-0.2, -0.15) is 11.4 Å². The van der Waals surface area contributed by atoms with Crippen LogP contribution in [0.25, 0.3) is 0 Å². The Kier molecular flexibility index (Phi) is 11.1. The maximum atomic E-state index is 11.7. The molecule has 0 fully saturated rings. The first-order chi connectivity index (χ1) is 11.1. The van der Waals surface area contributed by atoms with E-state index in [1.165, 1.54) is 0 Å². The molecule has 0 aliphatic carbocycles. The number of aliphatic hydroxyl groups is 4. The molecule has 0 aromatic rings. The predicted octanol–water partition coefficient (Wildman–Crippen LogP) is -1.09. The molecule has 2 amide bonds. The van der Waals surface area contributed by atoms with Crippen molar-refractivity contribution in [1.82, 2.24) is 10.6 Å². The summed E-state index contributed by atoms with van der Waals surface area (Å²) in [5, 5.41) is 42.7. The Balaban J connectivity index is 3.93. The molecule has 0 bridgehead atoms. The third kappa shape index (κ3) is 9.99. The molecule has 0 saturated heterocycles. The first kappa shape index (κ1) is 23.0. The lowest BCUT2D eigenvalue weighted by Crippen LogP contribution is -2.46. The predicted molar refractivity (Wildman–Crippen MR) is 95.3 cm³/mol. The number of hydrogen-bond donors (Lipinski definition) is 7. The van der Waals surface area contributed by atoms with Crippen molar-refractivity contribution in [3.63, 3.8) is 0 Å². The number of carbonyl (C=O) groups excluding carboxylic acids is 2. The molecular weight excluding hydrogens is 336 g/mol. The quantitative estimate of drug-likeness (QED) is 0.141. The Bertz CT molecular complexity index is 440. The number of rotatable bonds is 11. The van der Waals surface area contributed by atoms with Gasteiger partial charge in [-0.3, -0.25) is 9.59 Å². The molecule has 0 aromatic carbocycles. The minimum absolute atomic E-state index is 0.0677. The monoisotopic (exact) mass is 366 g/mol. The van der Waals surface area contributed by atoms with E-state index in [-0.39, 0.29) is 37.0 Å². The molecule has 0 radical (unpaired) electrons. The molecule has 24 heavy (non-hydrogen) atoms. The van der Waals surface area contributed by atoms with Crippen molar-refractivity contribution in [1.29, 1.82) is 0 Å². The molecule has 0 saturated carbocycles. The Morgan fingerprint density at radius 1 is 1.17 bits per heavy atom. The molecule has 0 unspecified atom stereocenters. The molecule has 142 valence electrons. The molecule has 0 spiro atoms. The largest absolute Gasteiger partial charge is 0.396 e. The fourth-order valence-corrected chi connectivity index (χ4v) is 2.51. The second-order valence-corrected chi connectivity index (χ2v) is 7.57. The van der Waals surface area contributed by atoms with Crippen molar-refractivity contribution in [2.75, 3.05) is 25.4 Å². The zero-order valence-electron chi connectivity index (χ0n) is 14.4. The topological polar surface area (TPSA) is 139 Å². The van der Waals surface area contributed by atoms with Gasteiger partial charge in [0.05, 0.1) is 17.8 Å². The molecule has 8 nitrogen and oxygen atoms in total. The Hall–Kier alpha value is -1.00. The zero-order valence-corrected chi connectivity index (χ0v) is 15.3. The van der Waals surface area contributed by atoms with Crippen LogP contribution >= 0.6 is 11.4 Å². The molecular formula is C15H30N2O6S.